The van der Waals surface area contributed by atoms with E-state index in [2.05, 4.69) is 0 Å². The smallest absolute Gasteiger partial charge is 0.0781 e. The van der Waals surface area contributed by atoms with Gasteiger partial charge in [0.05, 0.1) is 25.4 Å². The first-order valence-electron chi connectivity index (χ1n) is 6.41. The van der Waals surface area contributed by atoms with E-state index < -0.39 is 0 Å². The van der Waals surface area contributed by atoms with Crippen LogP contribution in [-0.4, -0.2) is 51.7 Å². The van der Waals surface area contributed by atoms with Crippen molar-refractivity contribution in [2.75, 3.05) is 39.5 Å². The lowest BCUT2D eigenvalue weighted by molar-refractivity contribution is -0.0570. The van der Waals surface area contributed by atoms with Crippen LogP contribution in [0.3, 0.4) is 0 Å². The highest BCUT2D eigenvalue weighted by molar-refractivity contribution is 4.53. The maximum atomic E-state index is 5.60. The molecule has 5 heteroatoms. The molecule has 0 saturated heterocycles. The van der Waals surface area contributed by atoms with Gasteiger partial charge in [-0.3, -0.25) is 0 Å². The van der Waals surface area contributed by atoms with Crippen LogP contribution in [-0.2, 0) is 14.2 Å². The second kappa shape index (κ2) is 12.3. The second-order valence-electron chi connectivity index (χ2n) is 4.18. The standard InChI is InChI=1S/C12H28N2O3/c1-11(9-15-7-3-5-13)17-10-12(2)16-8-4-6-14/h11-12H,3-10,13-14H2,1-2H3. The fourth-order valence-corrected chi connectivity index (χ4v) is 1.20. The quantitative estimate of drug-likeness (QED) is 0.492. The van der Waals surface area contributed by atoms with Crippen LogP contribution in [0.1, 0.15) is 26.7 Å². The molecule has 0 bridgehead atoms. The van der Waals surface area contributed by atoms with Crippen LogP contribution in [0.2, 0.25) is 0 Å². The molecule has 17 heavy (non-hydrogen) atoms. The van der Waals surface area contributed by atoms with Gasteiger partial charge in [0.1, 0.15) is 0 Å². The fraction of sp³-hybridized carbons (Fsp3) is 1.00. The number of rotatable bonds is 12. The van der Waals surface area contributed by atoms with Gasteiger partial charge in [0.2, 0.25) is 0 Å². The summed E-state index contributed by atoms with van der Waals surface area (Å²) in [6, 6.07) is 0. The monoisotopic (exact) mass is 248 g/mol. The Morgan fingerprint density at radius 1 is 0.824 bits per heavy atom. The molecule has 0 aliphatic heterocycles. The van der Waals surface area contributed by atoms with E-state index in [1.807, 2.05) is 13.8 Å². The van der Waals surface area contributed by atoms with Crippen molar-refractivity contribution in [3.8, 4) is 0 Å². The van der Waals surface area contributed by atoms with Crippen molar-refractivity contribution in [3.63, 3.8) is 0 Å². The minimum atomic E-state index is 0.0910. The zero-order chi connectivity index (χ0) is 12.9. The zero-order valence-corrected chi connectivity index (χ0v) is 11.2. The van der Waals surface area contributed by atoms with E-state index in [-0.39, 0.29) is 12.2 Å². The molecule has 0 aromatic heterocycles. The maximum absolute atomic E-state index is 5.60. The number of hydrogen-bond donors (Lipinski definition) is 2. The van der Waals surface area contributed by atoms with E-state index in [9.17, 15) is 0 Å². The van der Waals surface area contributed by atoms with E-state index in [1.54, 1.807) is 0 Å². The Morgan fingerprint density at radius 2 is 1.41 bits per heavy atom. The lowest BCUT2D eigenvalue weighted by Gasteiger charge is -2.17. The summed E-state index contributed by atoms with van der Waals surface area (Å²) in [6.07, 6.45) is 1.98. The van der Waals surface area contributed by atoms with Crippen LogP contribution in [0.15, 0.2) is 0 Å². The molecule has 0 aromatic carbocycles. The predicted octanol–water partition coefficient (Wildman–Crippen LogP) is 0.511. The lowest BCUT2D eigenvalue weighted by atomic mass is 10.4. The van der Waals surface area contributed by atoms with Crippen LogP contribution < -0.4 is 11.5 Å². The predicted molar refractivity (Wildman–Crippen MR) is 69.0 cm³/mol. The minimum Gasteiger partial charge on any atom is -0.379 e. The van der Waals surface area contributed by atoms with Crippen molar-refractivity contribution in [1.82, 2.24) is 0 Å². The Bertz CT molecular complexity index is 159. The summed E-state index contributed by atoms with van der Waals surface area (Å²) in [4.78, 5) is 0. The molecule has 2 atom stereocenters. The molecule has 0 rings (SSSR count). The largest absolute Gasteiger partial charge is 0.379 e. The van der Waals surface area contributed by atoms with Gasteiger partial charge >= 0.3 is 0 Å². The first-order valence-corrected chi connectivity index (χ1v) is 6.41. The van der Waals surface area contributed by atoms with E-state index >= 15 is 0 Å². The molecule has 0 radical (unpaired) electrons. The first kappa shape index (κ1) is 16.8. The van der Waals surface area contributed by atoms with Gasteiger partial charge < -0.3 is 25.7 Å². The van der Waals surface area contributed by atoms with Crippen LogP contribution in [0, 0.1) is 0 Å². The first-order chi connectivity index (χ1) is 8.20. The number of hydrogen-bond acceptors (Lipinski definition) is 5. The summed E-state index contributed by atoms with van der Waals surface area (Å²) < 4.78 is 16.5. The van der Waals surface area contributed by atoms with Crippen molar-refractivity contribution < 1.29 is 14.2 Å². The Balaban J connectivity index is 3.32. The van der Waals surface area contributed by atoms with Crippen LogP contribution >= 0.6 is 0 Å². The fourth-order valence-electron chi connectivity index (χ4n) is 1.20. The van der Waals surface area contributed by atoms with Crippen LogP contribution in [0.4, 0.5) is 0 Å². The zero-order valence-electron chi connectivity index (χ0n) is 11.2. The molecule has 4 N–H and O–H groups in total. The van der Waals surface area contributed by atoms with Gasteiger partial charge in [-0.05, 0) is 39.8 Å². The highest BCUT2D eigenvalue weighted by Crippen LogP contribution is 1.98. The van der Waals surface area contributed by atoms with Gasteiger partial charge in [-0.2, -0.15) is 0 Å². The van der Waals surface area contributed by atoms with Crippen molar-refractivity contribution in [3.05, 3.63) is 0 Å². The summed E-state index contributed by atoms with van der Waals surface area (Å²) in [5, 5.41) is 0. The Morgan fingerprint density at radius 3 is 2.06 bits per heavy atom. The van der Waals surface area contributed by atoms with Crippen molar-refractivity contribution in [2.24, 2.45) is 11.5 Å². The molecule has 0 aliphatic carbocycles. The number of ether oxygens (including phenoxy) is 3. The molecule has 0 aliphatic rings. The van der Waals surface area contributed by atoms with Gasteiger partial charge in [0, 0.05) is 13.2 Å². The maximum Gasteiger partial charge on any atom is 0.0781 e. The molecule has 0 aromatic rings. The van der Waals surface area contributed by atoms with Crippen molar-refractivity contribution in [2.45, 2.75) is 38.9 Å². The van der Waals surface area contributed by atoms with Gasteiger partial charge in [0.25, 0.3) is 0 Å². The van der Waals surface area contributed by atoms with Crippen LogP contribution in [0.5, 0.6) is 0 Å². The number of nitrogens with two attached hydrogens (primary N) is 2. The van der Waals surface area contributed by atoms with Crippen molar-refractivity contribution >= 4 is 0 Å². The Kier molecular flexibility index (Phi) is 12.1. The van der Waals surface area contributed by atoms with E-state index in [1.165, 1.54) is 0 Å². The van der Waals surface area contributed by atoms with Crippen molar-refractivity contribution in [1.29, 1.82) is 0 Å². The summed E-state index contributed by atoms with van der Waals surface area (Å²) in [5.74, 6) is 0. The molecule has 5 nitrogen and oxygen atoms in total. The molecule has 0 spiro atoms. The van der Waals surface area contributed by atoms with Crippen LogP contribution in [0.25, 0.3) is 0 Å². The third kappa shape index (κ3) is 12.1. The van der Waals surface area contributed by atoms with E-state index in [0.717, 1.165) is 12.8 Å². The SMILES string of the molecule is CC(COCCCN)OCC(C)OCCCN. The molecule has 0 fully saturated rings. The minimum absolute atomic E-state index is 0.0910. The molecular weight excluding hydrogens is 220 g/mol. The third-order valence-electron chi connectivity index (χ3n) is 2.21. The normalized spacial score (nSPS) is 14.8. The Hall–Kier alpha value is -0.200. The topological polar surface area (TPSA) is 79.7 Å². The molecule has 0 heterocycles. The van der Waals surface area contributed by atoms with Gasteiger partial charge in [-0.1, -0.05) is 0 Å². The lowest BCUT2D eigenvalue weighted by Crippen LogP contribution is -2.24. The molecule has 104 valence electrons. The molecular formula is C12H28N2O3. The van der Waals surface area contributed by atoms with Gasteiger partial charge in [-0.25, -0.2) is 0 Å². The van der Waals surface area contributed by atoms with E-state index in [0.29, 0.717) is 39.5 Å². The molecule has 0 amide bonds. The van der Waals surface area contributed by atoms with Gasteiger partial charge in [0.15, 0.2) is 0 Å². The highest BCUT2D eigenvalue weighted by atomic mass is 16.6. The summed E-state index contributed by atoms with van der Waals surface area (Å²) in [7, 11) is 0. The Labute approximate surface area is 105 Å². The van der Waals surface area contributed by atoms with Gasteiger partial charge in [-0.15, -0.1) is 0 Å². The highest BCUT2D eigenvalue weighted by Gasteiger charge is 2.06. The average Bonchev–Trinajstić information content (AvgIpc) is 2.32. The second-order valence-corrected chi connectivity index (χ2v) is 4.18. The summed E-state index contributed by atoms with van der Waals surface area (Å²) in [5.41, 5.74) is 10.7. The summed E-state index contributed by atoms with van der Waals surface area (Å²) in [6.45, 7) is 7.92. The summed E-state index contributed by atoms with van der Waals surface area (Å²) >= 11 is 0. The van der Waals surface area contributed by atoms with E-state index in [4.69, 9.17) is 25.7 Å². The molecule has 0 saturated carbocycles. The average molecular weight is 248 g/mol. The molecule has 2 unspecified atom stereocenters. The third-order valence-corrected chi connectivity index (χ3v) is 2.21.